The highest BCUT2D eigenvalue weighted by molar-refractivity contribution is 5.32. The molecule has 1 unspecified atom stereocenters. The second kappa shape index (κ2) is 4.58. The van der Waals surface area contributed by atoms with Crippen LogP contribution in [0.2, 0.25) is 0 Å². The SMILES string of the molecule is OC1(C(C2=CCCC=C2)N2CCCC2)CCC1. The molecule has 2 heteroatoms. The molecule has 0 bridgehead atoms. The fourth-order valence-electron chi connectivity index (χ4n) is 3.51. The summed E-state index contributed by atoms with van der Waals surface area (Å²) in [6.45, 7) is 2.33. The van der Waals surface area contributed by atoms with Crippen molar-refractivity contribution in [3.63, 3.8) is 0 Å². The Kier molecular flexibility index (Phi) is 3.10. The van der Waals surface area contributed by atoms with Gasteiger partial charge in [-0.05, 0) is 63.6 Å². The smallest absolute Gasteiger partial charge is 0.0843 e. The predicted octanol–water partition coefficient (Wildman–Crippen LogP) is 2.64. The van der Waals surface area contributed by atoms with Gasteiger partial charge in [-0.3, -0.25) is 4.90 Å². The van der Waals surface area contributed by atoms with Gasteiger partial charge in [-0.2, -0.15) is 0 Å². The van der Waals surface area contributed by atoms with E-state index in [1.165, 1.54) is 24.8 Å². The van der Waals surface area contributed by atoms with Crippen LogP contribution in [0.25, 0.3) is 0 Å². The highest BCUT2D eigenvalue weighted by Crippen LogP contribution is 2.41. The fraction of sp³-hybridized carbons (Fsp3) is 0.733. The highest BCUT2D eigenvalue weighted by Gasteiger charge is 2.46. The third kappa shape index (κ3) is 2.09. The Labute approximate surface area is 104 Å². The number of aliphatic hydroxyl groups is 1. The Bertz CT molecular complexity index is 335. The minimum atomic E-state index is -0.433. The summed E-state index contributed by atoms with van der Waals surface area (Å²) in [5, 5.41) is 10.8. The highest BCUT2D eigenvalue weighted by atomic mass is 16.3. The molecule has 1 N–H and O–H groups in total. The molecule has 0 aromatic carbocycles. The summed E-state index contributed by atoms with van der Waals surface area (Å²) >= 11 is 0. The Morgan fingerprint density at radius 3 is 2.41 bits per heavy atom. The zero-order chi connectivity index (χ0) is 11.7. The Morgan fingerprint density at radius 2 is 1.88 bits per heavy atom. The normalized spacial score (nSPS) is 29.8. The van der Waals surface area contributed by atoms with Gasteiger partial charge in [0.1, 0.15) is 0 Å². The first-order valence-corrected chi connectivity index (χ1v) is 7.13. The molecular formula is C15H23NO. The monoisotopic (exact) mass is 233 g/mol. The molecule has 1 heterocycles. The maximum atomic E-state index is 10.8. The molecule has 3 aliphatic rings. The molecule has 1 aliphatic heterocycles. The van der Waals surface area contributed by atoms with Crippen LogP contribution in [0.4, 0.5) is 0 Å². The molecule has 0 spiro atoms. The summed E-state index contributed by atoms with van der Waals surface area (Å²) in [7, 11) is 0. The van der Waals surface area contributed by atoms with Crippen LogP contribution in [0.1, 0.15) is 44.9 Å². The van der Waals surface area contributed by atoms with Crippen molar-refractivity contribution in [1.29, 1.82) is 0 Å². The van der Waals surface area contributed by atoms with Crippen molar-refractivity contribution in [2.24, 2.45) is 0 Å². The molecule has 3 rings (SSSR count). The van der Waals surface area contributed by atoms with Crippen LogP contribution >= 0.6 is 0 Å². The van der Waals surface area contributed by atoms with Gasteiger partial charge >= 0.3 is 0 Å². The van der Waals surface area contributed by atoms with Gasteiger partial charge < -0.3 is 5.11 Å². The van der Waals surface area contributed by atoms with Gasteiger partial charge in [-0.25, -0.2) is 0 Å². The van der Waals surface area contributed by atoms with Gasteiger partial charge in [0.25, 0.3) is 0 Å². The van der Waals surface area contributed by atoms with Crippen LogP contribution in [0.15, 0.2) is 23.8 Å². The molecule has 1 atom stereocenters. The molecule has 0 aromatic heterocycles. The minimum Gasteiger partial charge on any atom is -0.388 e. The van der Waals surface area contributed by atoms with Crippen LogP contribution in [0.5, 0.6) is 0 Å². The first-order chi connectivity index (χ1) is 8.30. The van der Waals surface area contributed by atoms with E-state index in [1.807, 2.05) is 0 Å². The van der Waals surface area contributed by atoms with Crippen molar-refractivity contribution in [2.75, 3.05) is 13.1 Å². The van der Waals surface area contributed by atoms with Crippen molar-refractivity contribution in [3.8, 4) is 0 Å². The Hall–Kier alpha value is -0.600. The lowest BCUT2D eigenvalue weighted by Gasteiger charge is -2.48. The average molecular weight is 233 g/mol. The molecule has 17 heavy (non-hydrogen) atoms. The van der Waals surface area contributed by atoms with E-state index < -0.39 is 5.60 Å². The summed E-state index contributed by atoms with van der Waals surface area (Å²) < 4.78 is 0. The topological polar surface area (TPSA) is 23.5 Å². The lowest BCUT2D eigenvalue weighted by molar-refractivity contribution is -0.0843. The van der Waals surface area contributed by atoms with Crippen LogP contribution in [0.3, 0.4) is 0 Å². The molecule has 1 saturated heterocycles. The summed E-state index contributed by atoms with van der Waals surface area (Å²) in [6, 6.07) is 0.273. The molecule has 0 amide bonds. The number of likely N-dealkylation sites (tertiary alicyclic amines) is 1. The van der Waals surface area contributed by atoms with E-state index in [0.29, 0.717) is 0 Å². The van der Waals surface area contributed by atoms with Crippen molar-refractivity contribution >= 4 is 0 Å². The van der Waals surface area contributed by atoms with Gasteiger partial charge in [-0.15, -0.1) is 0 Å². The number of hydrogen-bond donors (Lipinski definition) is 1. The third-order valence-electron chi connectivity index (χ3n) is 4.57. The van der Waals surface area contributed by atoms with E-state index in [9.17, 15) is 5.11 Å². The maximum Gasteiger partial charge on any atom is 0.0843 e. The average Bonchev–Trinajstić information content (AvgIpc) is 2.82. The zero-order valence-electron chi connectivity index (χ0n) is 10.6. The lowest BCUT2D eigenvalue weighted by Crippen LogP contribution is -2.56. The van der Waals surface area contributed by atoms with E-state index in [1.54, 1.807) is 0 Å². The summed E-state index contributed by atoms with van der Waals surface area (Å²) in [4.78, 5) is 2.51. The van der Waals surface area contributed by atoms with Crippen LogP contribution in [-0.2, 0) is 0 Å². The largest absolute Gasteiger partial charge is 0.388 e. The summed E-state index contributed by atoms with van der Waals surface area (Å²) in [5.74, 6) is 0. The molecule has 94 valence electrons. The zero-order valence-corrected chi connectivity index (χ0v) is 10.6. The van der Waals surface area contributed by atoms with Crippen molar-refractivity contribution < 1.29 is 5.11 Å². The Balaban J connectivity index is 1.84. The number of hydrogen-bond acceptors (Lipinski definition) is 2. The molecule has 0 aromatic rings. The van der Waals surface area contributed by atoms with Gasteiger partial charge in [-0.1, -0.05) is 18.2 Å². The standard InChI is InChI=1S/C15H23NO/c17-15(9-6-10-15)14(16-11-4-5-12-16)13-7-2-1-3-8-13/h2,7-8,14,17H,1,3-6,9-12H2. The summed E-state index contributed by atoms with van der Waals surface area (Å²) in [5.41, 5.74) is 0.943. The van der Waals surface area contributed by atoms with E-state index in [0.717, 1.165) is 38.8 Å². The Morgan fingerprint density at radius 1 is 1.12 bits per heavy atom. The second-order valence-corrected chi connectivity index (χ2v) is 5.79. The van der Waals surface area contributed by atoms with Gasteiger partial charge in [0.15, 0.2) is 0 Å². The first-order valence-electron chi connectivity index (χ1n) is 7.13. The summed E-state index contributed by atoms with van der Waals surface area (Å²) in [6.07, 6.45) is 14.9. The number of allylic oxidation sites excluding steroid dienone is 2. The van der Waals surface area contributed by atoms with Gasteiger partial charge in [0, 0.05) is 0 Å². The minimum absolute atomic E-state index is 0.273. The van der Waals surface area contributed by atoms with Crippen LogP contribution in [0, 0.1) is 0 Å². The van der Waals surface area contributed by atoms with Crippen molar-refractivity contribution in [3.05, 3.63) is 23.8 Å². The van der Waals surface area contributed by atoms with Gasteiger partial charge in [0.2, 0.25) is 0 Å². The second-order valence-electron chi connectivity index (χ2n) is 5.79. The molecule has 2 aliphatic carbocycles. The molecular weight excluding hydrogens is 210 g/mol. The van der Waals surface area contributed by atoms with E-state index in [-0.39, 0.29) is 6.04 Å². The number of rotatable bonds is 3. The predicted molar refractivity (Wildman–Crippen MR) is 69.9 cm³/mol. The molecule has 2 fully saturated rings. The van der Waals surface area contributed by atoms with Crippen LogP contribution in [-0.4, -0.2) is 34.7 Å². The van der Waals surface area contributed by atoms with Crippen molar-refractivity contribution in [1.82, 2.24) is 4.90 Å². The number of nitrogens with zero attached hydrogens (tertiary/aromatic N) is 1. The van der Waals surface area contributed by atoms with E-state index >= 15 is 0 Å². The van der Waals surface area contributed by atoms with Gasteiger partial charge in [0.05, 0.1) is 11.6 Å². The third-order valence-corrected chi connectivity index (χ3v) is 4.57. The fourth-order valence-corrected chi connectivity index (χ4v) is 3.51. The van der Waals surface area contributed by atoms with E-state index in [4.69, 9.17) is 0 Å². The van der Waals surface area contributed by atoms with Crippen molar-refractivity contribution in [2.45, 2.75) is 56.6 Å². The quantitative estimate of drug-likeness (QED) is 0.810. The molecule has 0 radical (unpaired) electrons. The first kappa shape index (κ1) is 11.5. The molecule has 1 saturated carbocycles. The molecule has 2 nitrogen and oxygen atoms in total. The lowest BCUT2D eigenvalue weighted by atomic mass is 9.71. The van der Waals surface area contributed by atoms with Crippen LogP contribution < -0.4 is 0 Å². The maximum absolute atomic E-state index is 10.8. The van der Waals surface area contributed by atoms with E-state index in [2.05, 4.69) is 23.1 Å².